The quantitative estimate of drug-likeness (QED) is 0.109. The molecule has 7 atom stereocenters. The molecule has 10 heteroatoms. The Morgan fingerprint density at radius 2 is 1.78 bits per heavy atom. The van der Waals surface area contributed by atoms with E-state index >= 15 is 4.79 Å². The number of alkyl halides is 1. The van der Waals surface area contributed by atoms with Gasteiger partial charge in [-0.3, -0.25) is 14.4 Å². The number of allylic oxidation sites excluding steroid dienone is 1. The Kier molecular flexibility index (Phi) is 11.0. The van der Waals surface area contributed by atoms with Crippen LogP contribution >= 0.6 is 27.7 Å². The Morgan fingerprint density at radius 1 is 1.11 bits per heavy atom. The van der Waals surface area contributed by atoms with Crippen LogP contribution in [-0.4, -0.2) is 81.5 Å². The van der Waals surface area contributed by atoms with Crippen LogP contribution in [0.25, 0.3) is 0 Å². The number of carbonyl (C=O) groups is 3. The van der Waals surface area contributed by atoms with Gasteiger partial charge in [-0.05, 0) is 62.9 Å². The molecule has 0 aliphatic carbocycles. The van der Waals surface area contributed by atoms with Gasteiger partial charge in [0.2, 0.25) is 5.91 Å². The minimum atomic E-state index is -0.932. The molecule has 3 unspecified atom stereocenters. The molecule has 1 N–H and O–H groups in total. The number of likely N-dealkylation sites (tertiary alicyclic amines) is 1. The van der Waals surface area contributed by atoms with Gasteiger partial charge in [0.1, 0.15) is 6.04 Å². The van der Waals surface area contributed by atoms with Crippen LogP contribution in [0.3, 0.4) is 0 Å². The number of halogens is 1. The molecule has 246 valence electrons. The maximum absolute atomic E-state index is 15.1. The first kappa shape index (κ1) is 34.3. The molecule has 0 saturated carbocycles. The highest BCUT2D eigenvalue weighted by atomic mass is 79.9. The third kappa shape index (κ3) is 6.04. The van der Waals surface area contributed by atoms with Crippen molar-refractivity contribution < 1.29 is 24.2 Å². The number of aliphatic hydroxyl groups is 1. The number of amides is 2. The van der Waals surface area contributed by atoms with Crippen molar-refractivity contribution in [3.05, 3.63) is 85.5 Å². The average Bonchev–Trinajstić information content (AvgIpc) is 3.67. The fourth-order valence-corrected chi connectivity index (χ4v) is 11.1. The number of hydrogen-bond acceptors (Lipinski definition) is 7. The van der Waals surface area contributed by atoms with E-state index in [1.54, 1.807) is 33.7 Å². The minimum Gasteiger partial charge on any atom is -0.465 e. The van der Waals surface area contributed by atoms with Crippen molar-refractivity contribution in [2.75, 3.05) is 42.6 Å². The Bertz CT molecular complexity index is 1420. The summed E-state index contributed by atoms with van der Waals surface area (Å²) in [4.78, 5) is 48.9. The smallest absolute Gasteiger partial charge is 0.310 e. The Hall–Kier alpha value is -3.08. The summed E-state index contributed by atoms with van der Waals surface area (Å²) in [7, 11) is 0. The monoisotopic (exact) mass is 709 g/mol. The van der Waals surface area contributed by atoms with Crippen LogP contribution in [0, 0.1) is 11.8 Å². The largest absolute Gasteiger partial charge is 0.465 e. The molecule has 46 heavy (non-hydrogen) atoms. The van der Waals surface area contributed by atoms with Crippen LogP contribution in [0.1, 0.15) is 44.7 Å². The van der Waals surface area contributed by atoms with Crippen LogP contribution in [0.4, 0.5) is 11.4 Å². The van der Waals surface area contributed by atoms with Gasteiger partial charge in [0, 0.05) is 41.1 Å². The summed E-state index contributed by atoms with van der Waals surface area (Å²) >= 11 is 5.38. The first-order chi connectivity index (χ1) is 22.3. The first-order valence-electron chi connectivity index (χ1n) is 16.1. The summed E-state index contributed by atoms with van der Waals surface area (Å²) in [6.07, 6.45) is 5.37. The van der Waals surface area contributed by atoms with Gasteiger partial charge in [0.15, 0.2) is 0 Å². The van der Waals surface area contributed by atoms with E-state index < -0.39 is 34.6 Å². The highest BCUT2D eigenvalue weighted by molar-refractivity contribution is 9.09. The molecule has 2 bridgehead atoms. The second-order valence-electron chi connectivity index (χ2n) is 12.0. The van der Waals surface area contributed by atoms with Gasteiger partial charge < -0.3 is 24.5 Å². The van der Waals surface area contributed by atoms with Crippen molar-refractivity contribution in [2.45, 2.75) is 60.0 Å². The second-order valence-corrected chi connectivity index (χ2v) is 14.8. The van der Waals surface area contributed by atoms with E-state index in [0.29, 0.717) is 18.5 Å². The normalized spacial score (nSPS) is 26.8. The molecule has 0 aromatic heterocycles. The second kappa shape index (κ2) is 14.8. The van der Waals surface area contributed by atoms with Gasteiger partial charge >= 0.3 is 5.97 Å². The van der Waals surface area contributed by atoms with Gasteiger partial charge in [-0.25, -0.2) is 0 Å². The molecule has 2 aromatic rings. The summed E-state index contributed by atoms with van der Waals surface area (Å²) in [5.41, 5.74) is 2.48. The molecular weight excluding hydrogens is 666 g/mol. The lowest BCUT2D eigenvalue weighted by atomic mass is 9.71. The zero-order valence-electron chi connectivity index (χ0n) is 26.6. The third-order valence-corrected chi connectivity index (χ3v) is 12.8. The van der Waals surface area contributed by atoms with E-state index in [1.807, 2.05) is 54.6 Å². The van der Waals surface area contributed by atoms with Crippen LogP contribution in [0.15, 0.2) is 79.9 Å². The van der Waals surface area contributed by atoms with Gasteiger partial charge in [-0.1, -0.05) is 58.4 Å². The van der Waals surface area contributed by atoms with Crippen molar-refractivity contribution in [2.24, 2.45) is 11.8 Å². The summed E-state index contributed by atoms with van der Waals surface area (Å²) in [6.45, 7) is 13.7. The van der Waals surface area contributed by atoms with E-state index in [0.717, 1.165) is 30.8 Å². The van der Waals surface area contributed by atoms with Crippen molar-refractivity contribution in [3.8, 4) is 0 Å². The number of aliphatic hydroxyl groups excluding tert-OH is 1. The highest BCUT2D eigenvalue weighted by Crippen LogP contribution is 2.68. The van der Waals surface area contributed by atoms with E-state index in [-0.39, 0.29) is 41.6 Å². The Balaban J connectivity index is 1.58. The van der Waals surface area contributed by atoms with Gasteiger partial charge in [-0.2, -0.15) is 0 Å². The molecule has 8 nitrogen and oxygen atoms in total. The molecule has 3 aliphatic rings. The number of nitrogens with zero attached hydrogens (tertiary/aromatic N) is 3. The van der Waals surface area contributed by atoms with E-state index in [9.17, 15) is 14.7 Å². The third-order valence-electron chi connectivity index (χ3n) is 9.59. The first-order valence-corrected chi connectivity index (χ1v) is 17.9. The standard InChI is InChI=1S/C36H44BrN3O5S/c1-5-9-13-21-45-35(44)29-30-33(42)40(28(23-41)24-14-11-10-12-15-24)32(36(30)22-27(37)31(29)46-36)34(43)39(20-6-2)26-18-16-25(17-19-26)38(7-3)8-4/h5-6,10-12,14-19,27-32,41H,1-2,7-9,13,20-23H2,3-4H3/t27?,28-,29-,30+,31-,32?,36?/m1/s1. The van der Waals surface area contributed by atoms with Crippen molar-refractivity contribution in [1.29, 1.82) is 0 Å². The SMILES string of the molecule is C=CCCCOC(=O)[C@H]1[C@@H]2SC3(CC2Br)C(C(=O)N(CC=C)c2ccc(N(CC)CC)cc2)N([C@H](CO)c2ccccc2)C(=O)[C@H]13. The number of thioether (sulfide) groups is 1. The van der Waals surface area contributed by atoms with Crippen LogP contribution in [0.5, 0.6) is 0 Å². The molecule has 5 rings (SSSR count). The molecule has 2 aromatic carbocycles. The topological polar surface area (TPSA) is 90.4 Å². The van der Waals surface area contributed by atoms with E-state index in [4.69, 9.17) is 4.74 Å². The number of unbranched alkanes of at least 4 members (excludes halogenated alkanes) is 1. The number of anilines is 2. The number of hydrogen-bond donors (Lipinski definition) is 1. The fraction of sp³-hybridized carbons (Fsp3) is 0.472. The Labute approximate surface area is 285 Å². The van der Waals surface area contributed by atoms with Crippen molar-refractivity contribution >= 4 is 56.9 Å². The zero-order chi connectivity index (χ0) is 33.0. The number of rotatable bonds is 15. The molecule has 3 aliphatic heterocycles. The average molecular weight is 711 g/mol. The van der Waals surface area contributed by atoms with Crippen LogP contribution in [0.2, 0.25) is 0 Å². The zero-order valence-corrected chi connectivity index (χ0v) is 29.0. The highest BCUT2D eigenvalue weighted by Gasteiger charge is 2.76. The van der Waals surface area contributed by atoms with Crippen molar-refractivity contribution in [1.82, 2.24) is 4.90 Å². The predicted octanol–water partition coefficient (Wildman–Crippen LogP) is 5.76. The molecule has 0 radical (unpaired) electrons. The molecular formula is C36H44BrN3O5S. The maximum atomic E-state index is 15.1. The number of esters is 1. The summed E-state index contributed by atoms with van der Waals surface area (Å²) in [6, 6.07) is 15.5. The summed E-state index contributed by atoms with van der Waals surface area (Å²) < 4.78 is 4.85. The predicted molar refractivity (Wildman–Crippen MR) is 188 cm³/mol. The van der Waals surface area contributed by atoms with Gasteiger partial charge in [0.25, 0.3) is 5.91 Å². The molecule has 2 amide bonds. The lowest BCUT2D eigenvalue weighted by molar-refractivity contribution is -0.154. The summed E-state index contributed by atoms with van der Waals surface area (Å²) in [5, 5.41) is 10.6. The number of benzene rings is 2. The molecule has 3 saturated heterocycles. The lowest BCUT2D eigenvalue weighted by Gasteiger charge is -2.40. The van der Waals surface area contributed by atoms with Crippen LogP contribution < -0.4 is 9.80 Å². The van der Waals surface area contributed by atoms with Crippen LogP contribution in [-0.2, 0) is 19.1 Å². The van der Waals surface area contributed by atoms with Gasteiger partial charge in [0.05, 0.1) is 35.8 Å². The fourth-order valence-electron chi connectivity index (χ4n) is 7.51. The maximum Gasteiger partial charge on any atom is 0.310 e. The molecule has 3 fully saturated rings. The lowest BCUT2D eigenvalue weighted by Crippen LogP contribution is -2.56. The minimum absolute atomic E-state index is 0.0898. The summed E-state index contributed by atoms with van der Waals surface area (Å²) in [5.74, 6) is -2.43. The Morgan fingerprint density at radius 3 is 2.39 bits per heavy atom. The van der Waals surface area contributed by atoms with E-state index in [2.05, 4.69) is 47.8 Å². The molecule has 1 spiro atoms. The van der Waals surface area contributed by atoms with Gasteiger partial charge in [-0.15, -0.1) is 24.9 Å². The number of carbonyl (C=O) groups excluding carboxylic acids is 3. The van der Waals surface area contributed by atoms with E-state index in [1.165, 1.54) is 0 Å². The number of ether oxygens (including phenoxy) is 1. The van der Waals surface area contributed by atoms with Crippen molar-refractivity contribution in [3.63, 3.8) is 0 Å². The number of fused-ring (bicyclic) bond motifs is 1. The molecule has 3 heterocycles.